The fourth-order valence-corrected chi connectivity index (χ4v) is 2.73. The molecular formula is C13H14N4S. The minimum Gasteiger partial charge on any atom is -0.397 e. The van der Waals surface area contributed by atoms with E-state index in [4.69, 9.17) is 5.73 Å². The van der Waals surface area contributed by atoms with Gasteiger partial charge in [0.2, 0.25) is 0 Å². The fraction of sp³-hybridized carbons (Fsp3) is 0.154. The number of nitrogens with two attached hydrogens (primary N) is 1. The van der Waals surface area contributed by atoms with Crippen LogP contribution in [0.15, 0.2) is 35.2 Å². The second kappa shape index (κ2) is 4.34. The molecule has 18 heavy (non-hydrogen) atoms. The van der Waals surface area contributed by atoms with Crippen LogP contribution in [0.2, 0.25) is 0 Å². The van der Waals surface area contributed by atoms with Gasteiger partial charge >= 0.3 is 0 Å². The third-order valence-corrected chi connectivity index (χ3v) is 3.73. The van der Waals surface area contributed by atoms with Crippen LogP contribution < -0.4 is 11.1 Å². The third-order valence-electron chi connectivity index (χ3n) is 3.03. The Morgan fingerprint density at radius 3 is 3.11 bits per heavy atom. The van der Waals surface area contributed by atoms with Crippen molar-refractivity contribution in [1.82, 2.24) is 10.2 Å². The van der Waals surface area contributed by atoms with Crippen molar-refractivity contribution in [3.05, 3.63) is 40.7 Å². The number of nitrogens with one attached hydrogen (secondary N) is 2. The van der Waals surface area contributed by atoms with Gasteiger partial charge in [0.25, 0.3) is 0 Å². The molecule has 92 valence electrons. The Labute approximate surface area is 109 Å². The van der Waals surface area contributed by atoms with E-state index in [1.54, 1.807) is 17.5 Å². The van der Waals surface area contributed by atoms with E-state index in [0.29, 0.717) is 0 Å². The molecule has 4 N–H and O–H groups in total. The average Bonchev–Trinajstić information content (AvgIpc) is 2.98. The number of nitrogen functional groups attached to an aromatic ring is 1. The summed E-state index contributed by atoms with van der Waals surface area (Å²) in [6.45, 7) is 2.12. The Morgan fingerprint density at radius 1 is 1.44 bits per heavy atom. The van der Waals surface area contributed by atoms with Crippen LogP contribution in [0.4, 0.5) is 11.4 Å². The number of hydrogen-bond donors (Lipinski definition) is 3. The first-order chi connectivity index (χ1) is 8.74. The van der Waals surface area contributed by atoms with Gasteiger partial charge in [-0.25, -0.2) is 0 Å². The summed E-state index contributed by atoms with van der Waals surface area (Å²) in [5.74, 6) is 0. The molecule has 3 aromatic rings. The standard InChI is InChI=1S/C13H14N4S/c1-8(9-2-3-18-7-9)16-13-5-12-10(4-11(13)14)6-15-17-12/h2-8,16H,14H2,1H3,(H,15,17). The molecule has 0 saturated carbocycles. The zero-order chi connectivity index (χ0) is 12.5. The molecule has 0 amide bonds. The van der Waals surface area contributed by atoms with Crippen molar-refractivity contribution in [2.24, 2.45) is 0 Å². The fourth-order valence-electron chi connectivity index (χ4n) is 1.97. The van der Waals surface area contributed by atoms with Crippen molar-refractivity contribution in [2.75, 3.05) is 11.1 Å². The van der Waals surface area contributed by atoms with E-state index in [1.807, 2.05) is 12.1 Å². The highest BCUT2D eigenvalue weighted by Crippen LogP contribution is 2.28. The highest BCUT2D eigenvalue weighted by Gasteiger charge is 2.09. The predicted octanol–water partition coefficient (Wildman–Crippen LogP) is 3.38. The van der Waals surface area contributed by atoms with Crippen LogP contribution in [0.3, 0.4) is 0 Å². The Kier molecular flexibility index (Phi) is 2.68. The number of aromatic nitrogens is 2. The van der Waals surface area contributed by atoms with Crippen LogP contribution in [0.25, 0.3) is 10.9 Å². The van der Waals surface area contributed by atoms with E-state index in [1.165, 1.54) is 5.56 Å². The molecule has 0 spiro atoms. The van der Waals surface area contributed by atoms with E-state index < -0.39 is 0 Å². The molecule has 3 rings (SSSR count). The van der Waals surface area contributed by atoms with Gasteiger partial charge in [-0.05, 0) is 41.4 Å². The van der Waals surface area contributed by atoms with Gasteiger partial charge in [-0.15, -0.1) is 0 Å². The van der Waals surface area contributed by atoms with E-state index in [9.17, 15) is 0 Å². The van der Waals surface area contributed by atoms with Crippen molar-refractivity contribution in [3.8, 4) is 0 Å². The number of nitrogens with zero attached hydrogens (tertiary/aromatic N) is 1. The molecule has 1 unspecified atom stereocenters. The number of H-pyrrole nitrogens is 1. The lowest BCUT2D eigenvalue weighted by atomic mass is 10.1. The smallest absolute Gasteiger partial charge is 0.0672 e. The first-order valence-corrected chi connectivity index (χ1v) is 6.69. The van der Waals surface area contributed by atoms with Gasteiger partial charge in [0.1, 0.15) is 0 Å². The minimum atomic E-state index is 0.235. The van der Waals surface area contributed by atoms with E-state index in [0.717, 1.165) is 22.3 Å². The molecule has 0 fully saturated rings. The molecule has 5 heteroatoms. The molecule has 0 radical (unpaired) electrons. The maximum atomic E-state index is 6.05. The molecule has 0 bridgehead atoms. The lowest BCUT2D eigenvalue weighted by Gasteiger charge is -2.16. The molecule has 4 nitrogen and oxygen atoms in total. The van der Waals surface area contributed by atoms with Crippen molar-refractivity contribution in [1.29, 1.82) is 0 Å². The summed E-state index contributed by atoms with van der Waals surface area (Å²) >= 11 is 1.70. The summed E-state index contributed by atoms with van der Waals surface area (Å²) in [5.41, 5.74) is 9.98. The number of aromatic amines is 1. The van der Waals surface area contributed by atoms with Gasteiger partial charge in [-0.1, -0.05) is 0 Å². The summed E-state index contributed by atoms with van der Waals surface area (Å²) < 4.78 is 0. The van der Waals surface area contributed by atoms with Crippen LogP contribution in [-0.4, -0.2) is 10.2 Å². The Balaban J connectivity index is 1.92. The lowest BCUT2D eigenvalue weighted by molar-refractivity contribution is 0.891. The number of anilines is 2. The molecule has 2 aromatic heterocycles. The summed E-state index contributed by atoms with van der Waals surface area (Å²) in [4.78, 5) is 0. The molecule has 1 aromatic carbocycles. The number of hydrogen-bond acceptors (Lipinski definition) is 4. The zero-order valence-corrected chi connectivity index (χ0v) is 10.8. The molecule has 0 saturated heterocycles. The largest absolute Gasteiger partial charge is 0.397 e. The van der Waals surface area contributed by atoms with E-state index >= 15 is 0 Å². The highest BCUT2D eigenvalue weighted by molar-refractivity contribution is 7.07. The summed E-state index contributed by atoms with van der Waals surface area (Å²) in [6, 6.07) is 6.29. The second-order valence-electron chi connectivity index (χ2n) is 4.32. The average molecular weight is 258 g/mol. The first-order valence-electron chi connectivity index (χ1n) is 5.75. The number of thiophene rings is 1. The molecule has 0 aliphatic carbocycles. The third kappa shape index (κ3) is 1.93. The monoisotopic (exact) mass is 258 g/mol. The quantitative estimate of drug-likeness (QED) is 0.631. The van der Waals surface area contributed by atoms with Crippen LogP contribution in [-0.2, 0) is 0 Å². The minimum absolute atomic E-state index is 0.235. The molecular weight excluding hydrogens is 244 g/mol. The van der Waals surface area contributed by atoms with E-state index in [-0.39, 0.29) is 6.04 Å². The van der Waals surface area contributed by atoms with Crippen LogP contribution in [0.5, 0.6) is 0 Å². The Morgan fingerprint density at radius 2 is 2.33 bits per heavy atom. The lowest BCUT2D eigenvalue weighted by Crippen LogP contribution is -2.07. The van der Waals surface area contributed by atoms with Gasteiger partial charge in [-0.3, -0.25) is 5.10 Å². The van der Waals surface area contributed by atoms with Crippen molar-refractivity contribution in [2.45, 2.75) is 13.0 Å². The first kappa shape index (κ1) is 11.1. The highest BCUT2D eigenvalue weighted by atomic mass is 32.1. The maximum Gasteiger partial charge on any atom is 0.0672 e. The van der Waals surface area contributed by atoms with Gasteiger partial charge in [0.15, 0.2) is 0 Å². The maximum absolute atomic E-state index is 6.05. The normalized spacial score (nSPS) is 12.7. The molecule has 0 aliphatic rings. The Hall–Kier alpha value is -2.01. The van der Waals surface area contributed by atoms with Crippen LogP contribution >= 0.6 is 11.3 Å². The van der Waals surface area contributed by atoms with E-state index in [2.05, 4.69) is 39.3 Å². The molecule has 2 heterocycles. The predicted molar refractivity (Wildman–Crippen MR) is 76.9 cm³/mol. The van der Waals surface area contributed by atoms with Gasteiger partial charge in [0, 0.05) is 11.4 Å². The number of rotatable bonds is 3. The summed E-state index contributed by atoms with van der Waals surface area (Å²) in [6.07, 6.45) is 1.78. The second-order valence-corrected chi connectivity index (χ2v) is 5.10. The van der Waals surface area contributed by atoms with Crippen molar-refractivity contribution in [3.63, 3.8) is 0 Å². The Bertz CT molecular complexity index is 657. The van der Waals surface area contributed by atoms with Gasteiger partial charge in [0.05, 0.1) is 23.1 Å². The van der Waals surface area contributed by atoms with Crippen molar-refractivity contribution < 1.29 is 0 Å². The molecule has 1 atom stereocenters. The topological polar surface area (TPSA) is 66.7 Å². The SMILES string of the molecule is CC(Nc1cc2[nH]ncc2cc1N)c1ccsc1. The molecule has 0 aliphatic heterocycles. The van der Waals surface area contributed by atoms with Gasteiger partial charge in [-0.2, -0.15) is 16.4 Å². The van der Waals surface area contributed by atoms with Crippen molar-refractivity contribution >= 4 is 33.6 Å². The summed E-state index contributed by atoms with van der Waals surface area (Å²) in [5, 5.41) is 15.6. The zero-order valence-electron chi connectivity index (χ0n) is 9.97. The summed E-state index contributed by atoms with van der Waals surface area (Å²) in [7, 11) is 0. The van der Waals surface area contributed by atoms with Gasteiger partial charge < -0.3 is 11.1 Å². The van der Waals surface area contributed by atoms with Crippen LogP contribution in [0, 0.1) is 0 Å². The number of fused-ring (bicyclic) bond motifs is 1. The van der Waals surface area contributed by atoms with Crippen LogP contribution in [0.1, 0.15) is 18.5 Å². The number of benzene rings is 1.